The number of halogens is 2. The first-order chi connectivity index (χ1) is 15.6. The number of hydrogen-bond acceptors (Lipinski definition) is 3. The number of H-pyrrole nitrogens is 1. The van der Waals surface area contributed by atoms with Crippen LogP contribution in [0.3, 0.4) is 0 Å². The zero-order valence-corrected chi connectivity index (χ0v) is 19.7. The summed E-state index contributed by atoms with van der Waals surface area (Å²) >= 11 is 6.19. The summed E-state index contributed by atoms with van der Waals surface area (Å²) in [5.74, 6) is -0.417. The molecule has 5 nitrogen and oxygen atoms in total. The highest BCUT2D eigenvalue weighted by Gasteiger charge is 2.26. The molecule has 1 heterocycles. The number of aromatic nitrogens is 1. The predicted octanol–water partition coefficient (Wildman–Crippen LogP) is 5.33. The third-order valence-corrected chi connectivity index (χ3v) is 7.67. The highest BCUT2D eigenvalue weighted by molar-refractivity contribution is 7.89. The Labute approximate surface area is 196 Å². The van der Waals surface area contributed by atoms with E-state index < -0.39 is 15.8 Å². The first-order valence-electron chi connectivity index (χ1n) is 10.3. The molecule has 0 amide bonds. The lowest BCUT2D eigenvalue weighted by Crippen LogP contribution is -2.32. The molecule has 170 valence electrons. The van der Waals surface area contributed by atoms with E-state index in [-0.39, 0.29) is 23.5 Å². The summed E-state index contributed by atoms with van der Waals surface area (Å²) in [6.07, 6.45) is 0. The van der Waals surface area contributed by atoms with Crippen LogP contribution < -0.4 is 5.56 Å². The zero-order valence-electron chi connectivity index (χ0n) is 18.1. The maximum absolute atomic E-state index is 13.6. The fourth-order valence-corrected chi connectivity index (χ4v) is 5.26. The first kappa shape index (κ1) is 23.2. The Morgan fingerprint density at radius 1 is 0.939 bits per heavy atom. The predicted molar refractivity (Wildman–Crippen MR) is 128 cm³/mol. The van der Waals surface area contributed by atoms with Crippen molar-refractivity contribution in [3.05, 3.63) is 110 Å². The van der Waals surface area contributed by atoms with Crippen molar-refractivity contribution in [3.8, 4) is 0 Å². The molecule has 0 saturated heterocycles. The fourth-order valence-electron chi connectivity index (χ4n) is 3.58. The molecule has 0 fully saturated rings. The van der Waals surface area contributed by atoms with E-state index in [0.29, 0.717) is 21.7 Å². The summed E-state index contributed by atoms with van der Waals surface area (Å²) in [5.41, 5.74) is 2.97. The van der Waals surface area contributed by atoms with Crippen LogP contribution in [0.1, 0.15) is 22.3 Å². The molecule has 0 bridgehead atoms. The highest BCUT2D eigenvalue weighted by Crippen LogP contribution is 2.25. The Kier molecular flexibility index (Phi) is 6.38. The number of aryl methyl sites for hydroxylation is 2. The minimum absolute atomic E-state index is 0.0215. The standard InChI is InChI=1S/C25H22ClFN2O3S/c1-16-3-10-24-19(11-16)12-20(25(30)28-24)15-29(14-18-5-7-21(27)8-6-18)33(31,32)22-9-4-17(2)23(26)13-22/h3-13H,14-15H2,1-2H3,(H,28,30). The van der Waals surface area contributed by atoms with Crippen molar-refractivity contribution in [1.29, 1.82) is 0 Å². The molecule has 0 aliphatic carbocycles. The van der Waals surface area contributed by atoms with Gasteiger partial charge in [0.1, 0.15) is 5.82 Å². The molecule has 0 atom stereocenters. The van der Waals surface area contributed by atoms with Gasteiger partial charge in [-0.2, -0.15) is 4.31 Å². The van der Waals surface area contributed by atoms with Crippen molar-refractivity contribution in [2.45, 2.75) is 31.8 Å². The van der Waals surface area contributed by atoms with Gasteiger partial charge in [0.15, 0.2) is 0 Å². The highest BCUT2D eigenvalue weighted by atomic mass is 35.5. The molecule has 0 aliphatic rings. The van der Waals surface area contributed by atoms with E-state index >= 15 is 0 Å². The van der Waals surface area contributed by atoms with E-state index in [1.807, 2.05) is 25.1 Å². The number of nitrogens with zero attached hydrogens (tertiary/aromatic N) is 1. The number of rotatable bonds is 6. The van der Waals surface area contributed by atoms with E-state index in [1.54, 1.807) is 19.1 Å². The minimum Gasteiger partial charge on any atom is -0.322 e. The van der Waals surface area contributed by atoms with Gasteiger partial charge in [0.2, 0.25) is 10.0 Å². The Hall–Kier alpha value is -3.00. The minimum atomic E-state index is -4.02. The molecule has 1 aromatic heterocycles. The van der Waals surface area contributed by atoms with Gasteiger partial charge in [-0.05, 0) is 72.8 Å². The lowest BCUT2D eigenvalue weighted by Gasteiger charge is -2.23. The number of pyridine rings is 1. The van der Waals surface area contributed by atoms with Crippen molar-refractivity contribution in [1.82, 2.24) is 9.29 Å². The van der Waals surface area contributed by atoms with Crippen molar-refractivity contribution < 1.29 is 12.8 Å². The molecule has 0 saturated carbocycles. The molecule has 1 N–H and O–H groups in total. The molecular weight excluding hydrogens is 463 g/mol. The lowest BCUT2D eigenvalue weighted by atomic mass is 10.1. The molecule has 3 aromatic carbocycles. The molecule has 0 aliphatic heterocycles. The van der Waals surface area contributed by atoms with E-state index in [1.165, 1.54) is 40.7 Å². The van der Waals surface area contributed by atoms with Crippen molar-refractivity contribution in [2.75, 3.05) is 0 Å². The van der Waals surface area contributed by atoms with Gasteiger partial charge in [-0.25, -0.2) is 12.8 Å². The van der Waals surface area contributed by atoms with E-state index in [2.05, 4.69) is 4.98 Å². The van der Waals surface area contributed by atoms with Crippen LogP contribution in [-0.2, 0) is 23.1 Å². The van der Waals surface area contributed by atoms with Crippen LogP contribution in [-0.4, -0.2) is 17.7 Å². The van der Waals surface area contributed by atoms with Gasteiger partial charge in [-0.15, -0.1) is 0 Å². The van der Waals surface area contributed by atoms with Crippen LogP contribution in [0, 0.1) is 19.7 Å². The average Bonchev–Trinajstić information content (AvgIpc) is 2.77. The number of hydrogen-bond donors (Lipinski definition) is 1. The lowest BCUT2D eigenvalue weighted by molar-refractivity contribution is 0.399. The van der Waals surface area contributed by atoms with Crippen LogP contribution >= 0.6 is 11.6 Å². The quantitative estimate of drug-likeness (QED) is 0.402. The van der Waals surface area contributed by atoms with Gasteiger partial charge in [-0.3, -0.25) is 4.79 Å². The topological polar surface area (TPSA) is 70.2 Å². The Balaban J connectivity index is 1.79. The fraction of sp³-hybridized carbons (Fsp3) is 0.160. The second-order valence-corrected chi connectivity index (χ2v) is 10.4. The van der Waals surface area contributed by atoms with Crippen LogP contribution in [0.2, 0.25) is 5.02 Å². The average molecular weight is 485 g/mol. The van der Waals surface area contributed by atoms with Gasteiger partial charge in [0.25, 0.3) is 5.56 Å². The smallest absolute Gasteiger partial charge is 0.252 e. The summed E-state index contributed by atoms with van der Waals surface area (Å²) < 4.78 is 41.8. The number of aromatic amines is 1. The molecule has 33 heavy (non-hydrogen) atoms. The molecule has 0 unspecified atom stereocenters. The Morgan fingerprint density at radius 2 is 1.67 bits per heavy atom. The third kappa shape index (κ3) is 5.00. The summed E-state index contributed by atoms with van der Waals surface area (Å²) in [7, 11) is -4.02. The zero-order chi connectivity index (χ0) is 23.8. The first-order valence-corrected chi connectivity index (χ1v) is 12.1. The summed E-state index contributed by atoms with van der Waals surface area (Å²) in [6.45, 7) is 3.52. The van der Waals surface area contributed by atoms with Crippen molar-refractivity contribution in [3.63, 3.8) is 0 Å². The monoisotopic (exact) mass is 484 g/mol. The second-order valence-electron chi connectivity index (χ2n) is 8.02. The molecule has 0 spiro atoms. The van der Waals surface area contributed by atoms with Gasteiger partial charge in [0.05, 0.1) is 4.90 Å². The van der Waals surface area contributed by atoms with Crippen LogP contribution in [0.5, 0.6) is 0 Å². The molecular formula is C25H22ClFN2O3S. The maximum Gasteiger partial charge on any atom is 0.252 e. The summed E-state index contributed by atoms with van der Waals surface area (Å²) in [5, 5.41) is 1.14. The van der Waals surface area contributed by atoms with Crippen LogP contribution in [0.15, 0.2) is 76.4 Å². The number of fused-ring (bicyclic) bond motifs is 1. The van der Waals surface area contributed by atoms with Crippen LogP contribution in [0.4, 0.5) is 4.39 Å². The summed E-state index contributed by atoms with van der Waals surface area (Å²) in [6, 6.07) is 17.5. The molecule has 0 radical (unpaired) electrons. The summed E-state index contributed by atoms with van der Waals surface area (Å²) in [4.78, 5) is 15.6. The maximum atomic E-state index is 13.6. The Bertz CT molecular complexity index is 1500. The molecule has 8 heteroatoms. The Morgan fingerprint density at radius 3 is 2.36 bits per heavy atom. The number of benzene rings is 3. The number of sulfonamides is 1. The second kappa shape index (κ2) is 9.09. The normalized spacial score (nSPS) is 11.9. The van der Waals surface area contributed by atoms with E-state index in [9.17, 15) is 17.6 Å². The molecule has 4 rings (SSSR count). The van der Waals surface area contributed by atoms with Gasteiger partial charge < -0.3 is 4.98 Å². The largest absolute Gasteiger partial charge is 0.322 e. The van der Waals surface area contributed by atoms with Gasteiger partial charge in [-0.1, -0.05) is 41.4 Å². The van der Waals surface area contributed by atoms with Crippen molar-refractivity contribution in [2.24, 2.45) is 0 Å². The van der Waals surface area contributed by atoms with Gasteiger partial charge in [0, 0.05) is 29.2 Å². The SMILES string of the molecule is Cc1ccc2[nH]c(=O)c(CN(Cc3ccc(F)cc3)S(=O)(=O)c3ccc(C)c(Cl)c3)cc2c1. The number of nitrogens with one attached hydrogen (secondary N) is 1. The van der Waals surface area contributed by atoms with E-state index in [4.69, 9.17) is 11.6 Å². The third-order valence-electron chi connectivity index (χ3n) is 5.48. The van der Waals surface area contributed by atoms with Crippen molar-refractivity contribution >= 4 is 32.5 Å². The van der Waals surface area contributed by atoms with Gasteiger partial charge >= 0.3 is 0 Å². The molecule has 4 aromatic rings. The van der Waals surface area contributed by atoms with E-state index in [0.717, 1.165) is 16.5 Å². The van der Waals surface area contributed by atoms with Crippen LogP contribution in [0.25, 0.3) is 10.9 Å².